The third-order valence-corrected chi connectivity index (χ3v) is 7.89. The quantitative estimate of drug-likeness (QED) is 0.346. The van der Waals surface area contributed by atoms with Crippen LogP contribution in [0.3, 0.4) is 0 Å². The number of methoxy groups -OCH3 is 1. The van der Waals surface area contributed by atoms with Crippen molar-refractivity contribution in [2.45, 2.75) is 19.5 Å². The first-order valence-corrected chi connectivity index (χ1v) is 13.1. The molecule has 1 saturated heterocycles. The molecule has 2 aromatic heterocycles. The van der Waals surface area contributed by atoms with Gasteiger partial charge < -0.3 is 15.0 Å². The van der Waals surface area contributed by atoms with E-state index in [1.807, 2.05) is 18.2 Å². The molecule has 1 atom stereocenters. The van der Waals surface area contributed by atoms with Crippen LogP contribution in [-0.2, 0) is 11.3 Å². The van der Waals surface area contributed by atoms with Crippen molar-refractivity contribution in [3.8, 4) is 10.4 Å². The lowest BCUT2D eigenvalue weighted by molar-refractivity contribution is 0.132. The molecule has 0 spiro atoms. The zero-order valence-electron chi connectivity index (χ0n) is 20.5. The van der Waals surface area contributed by atoms with E-state index in [9.17, 15) is 0 Å². The van der Waals surface area contributed by atoms with Crippen LogP contribution < -0.4 is 5.32 Å². The minimum absolute atomic E-state index is 0.0170. The maximum absolute atomic E-state index is 5.49. The van der Waals surface area contributed by atoms with Gasteiger partial charge in [0.1, 0.15) is 12.1 Å². The molecule has 7 heteroatoms. The van der Waals surface area contributed by atoms with Gasteiger partial charge in [-0.25, -0.2) is 9.97 Å². The predicted molar refractivity (Wildman–Crippen MR) is 145 cm³/mol. The van der Waals surface area contributed by atoms with Gasteiger partial charge in [-0.2, -0.15) is 0 Å². The molecule has 5 rings (SSSR count). The Morgan fingerprint density at radius 3 is 2.43 bits per heavy atom. The molecule has 1 unspecified atom stereocenters. The van der Waals surface area contributed by atoms with Crippen molar-refractivity contribution in [3.05, 3.63) is 78.1 Å². The second-order valence-electron chi connectivity index (χ2n) is 9.02. The molecule has 0 bridgehead atoms. The first-order chi connectivity index (χ1) is 17.2. The molecule has 3 heterocycles. The van der Waals surface area contributed by atoms with Gasteiger partial charge in [0.2, 0.25) is 0 Å². The Hall–Kier alpha value is -2.84. The van der Waals surface area contributed by atoms with Crippen molar-refractivity contribution >= 4 is 27.4 Å². The smallest absolute Gasteiger partial charge is 0.148 e. The second kappa shape index (κ2) is 11.3. The molecule has 1 N–H and O–H groups in total. The van der Waals surface area contributed by atoms with E-state index in [0.717, 1.165) is 42.2 Å². The van der Waals surface area contributed by atoms with E-state index < -0.39 is 0 Å². The Kier molecular flexibility index (Phi) is 7.69. The number of hydrogen-bond acceptors (Lipinski definition) is 7. The highest BCUT2D eigenvalue weighted by molar-refractivity contribution is 7.22. The average Bonchev–Trinajstić information content (AvgIpc) is 3.35. The molecule has 2 aromatic carbocycles. The van der Waals surface area contributed by atoms with Gasteiger partial charge in [0.15, 0.2) is 0 Å². The van der Waals surface area contributed by atoms with Gasteiger partial charge in [-0.05, 0) is 29.3 Å². The van der Waals surface area contributed by atoms with E-state index in [-0.39, 0.29) is 6.04 Å². The van der Waals surface area contributed by atoms with Crippen LogP contribution in [-0.4, -0.2) is 66.2 Å². The number of thiophene rings is 1. The Labute approximate surface area is 211 Å². The lowest BCUT2D eigenvalue weighted by Crippen LogP contribution is -2.45. The summed E-state index contributed by atoms with van der Waals surface area (Å²) in [6.45, 7) is 9.60. The summed E-state index contributed by atoms with van der Waals surface area (Å²) in [5.74, 6) is 0.847. The molecular weight excluding hydrogens is 454 g/mol. The van der Waals surface area contributed by atoms with Gasteiger partial charge >= 0.3 is 0 Å². The molecule has 1 aliphatic heterocycles. The summed E-state index contributed by atoms with van der Waals surface area (Å²) in [6.07, 6.45) is 1.64. The summed E-state index contributed by atoms with van der Waals surface area (Å²) >= 11 is 1.73. The predicted octanol–water partition coefficient (Wildman–Crippen LogP) is 5.30. The fourth-order valence-corrected chi connectivity index (χ4v) is 5.70. The third kappa shape index (κ3) is 5.70. The van der Waals surface area contributed by atoms with E-state index in [4.69, 9.17) is 4.74 Å². The number of nitrogens with zero attached hydrogens (tertiary/aromatic N) is 4. The lowest BCUT2D eigenvalue weighted by atomic mass is 10.1. The van der Waals surface area contributed by atoms with Crippen LogP contribution in [0.25, 0.3) is 20.7 Å². The summed E-state index contributed by atoms with van der Waals surface area (Å²) in [5, 5.41) is 3.59. The Bertz CT molecular complexity index is 1220. The number of fused-ring (bicyclic) bond motifs is 1. The zero-order valence-corrected chi connectivity index (χ0v) is 21.3. The number of hydrogen-bond donors (Lipinski definition) is 1. The number of benzene rings is 2. The highest BCUT2D eigenvalue weighted by atomic mass is 32.1. The lowest BCUT2D eigenvalue weighted by Gasteiger charge is -2.34. The van der Waals surface area contributed by atoms with Crippen LogP contribution >= 0.6 is 11.3 Å². The van der Waals surface area contributed by atoms with E-state index >= 15 is 0 Å². The van der Waals surface area contributed by atoms with Gasteiger partial charge in [-0.1, -0.05) is 61.5 Å². The summed E-state index contributed by atoms with van der Waals surface area (Å²) in [5.41, 5.74) is 4.72. The van der Waals surface area contributed by atoms with Crippen molar-refractivity contribution in [2.75, 3.05) is 51.8 Å². The van der Waals surface area contributed by atoms with E-state index in [1.54, 1.807) is 24.8 Å². The van der Waals surface area contributed by atoms with Gasteiger partial charge in [-0.15, -0.1) is 11.3 Å². The van der Waals surface area contributed by atoms with E-state index in [1.165, 1.54) is 34.7 Å². The first kappa shape index (κ1) is 23.9. The standard InChI is InChI=1S/C28H33N5OS/c1-3-32-13-15-33(16-14-32)18-21-9-11-23(12-10-21)26-17-24-27(35-26)28(30-20-29-24)31-25(19-34-2)22-7-5-4-6-8-22/h4-12,17,20,25H,3,13-16,18-19H2,1-2H3,(H,29,30,31). The topological polar surface area (TPSA) is 53.5 Å². The summed E-state index contributed by atoms with van der Waals surface area (Å²) in [4.78, 5) is 15.4. The highest BCUT2D eigenvalue weighted by Crippen LogP contribution is 2.36. The number of nitrogens with one attached hydrogen (secondary N) is 1. The summed E-state index contributed by atoms with van der Waals surface area (Å²) in [7, 11) is 1.73. The molecular formula is C28H33N5OS. The van der Waals surface area contributed by atoms with Crippen LogP contribution in [0.2, 0.25) is 0 Å². The minimum atomic E-state index is 0.0170. The first-order valence-electron chi connectivity index (χ1n) is 12.3. The van der Waals surface area contributed by atoms with Crippen LogP contribution in [0.5, 0.6) is 0 Å². The number of rotatable bonds is 9. The number of ether oxygens (including phenoxy) is 1. The van der Waals surface area contributed by atoms with Crippen LogP contribution in [0.1, 0.15) is 24.1 Å². The van der Waals surface area contributed by atoms with Crippen LogP contribution in [0.15, 0.2) is 67.0 Å². The van der Waals surface area contributed by atoms with E-state index in [2.05, 4.69) is 74.5 Å². The molecule has 4 aromatic rings. The monoisotopic (exact) mass is 487 g/mol. The Morgan fingerprint density at radius 1 is 0.971 bits per heavy atom. The average molecular weight is 488 g/mol. The van der Waals surface area contributed by atoms with Crippen molar-refractivity contribution in [2.24, 2.45) is 0 Å². The van der Waals surface area contributed by atoms with Crippen LogP contribution in [0.4, 0.5) is 5.82 Å². The van der Waals surface area contributed by atoms with Crippen molar-refractivity contribution in [1.82, 2.24) is 19.8 Å². The molecule has 0 aliphatic carbocycles. The molecule has 1 aliphatic rings. The minimum Gasteiger partial charge on any atom is -0.382 e. The Balaban J connectivity index is 1.32. The van der Waals surface area contributed by atoms with Crippen molar-refractivity contribution in [1.29, 1.82) is 0 Å². The van der Waals surface area contributed by atoms with E-state index in [0.29, 0.717) is 6.61 Å². The van der Waals surface area contributed by atoms with Gasteiger partial charge in [0.05, 0.1) is 22.9 Å². The molecule has 0 amide bonds. The maximum Gasteiger partial charge on any atom is 0.148 e. The summed E-state index contributed by atoms with van der Waals surface area (Å²) < 4.78 is 6.55. The van der Waals surface area contributed by atoms with Gasteiger partial charge in [0.25, 0.3) is 0 Å². The van der Waals surface area contributed by atoms with Gasteiger partial charge in [-0.3, -0.25) is 4.90 Å². The SMILES string of the molecule is CCN1CCN(Cc2ccc(-c3cc4ncnc(NC(COC)c5ccccc5)c4s3)cc2)CC1. The number of anilines is 1. The molecule has 35 heavy (non-hydrogen) atoms. The fraction of sp³-hybridized carbons (Fsp3) is 0.357. The molecule has 6 nitrogen and oxygen atoms in total. The molecule has 0 saturated carbocycles. The maximum atomic E-state index is 5.49. The number of aromatic nitrogens is 2. The number of likely N-dealkylation sites (N-methyl/N-ethyl adjacent to an activating group) is 1. The molecule has 182 valence electrons. The van der Waals surface area contributed by atoms with Crippen molar-refractivity contribution < 1.29 is 4.74 Å². The molecule has 0 radical (unpaired) electrons. The third-order valence-electron chi connectivity index (χ3n) is 6.71. The molecule has 1 fully saturated rings. The largest absolute Gasteiger partial charge is 0.382 e. The fourth-order valence-electron chi connectivity index (χ4n) is 4.63. The van der Waals surface area contributed by atoms with Gasteiger partial charge in [0, 0.05) is 44.7 Å². The highest BCUT2D eigenvalue weighted by Gasteiger charge is 2.17. The Morgan fingerprint density at radius 2 is 1.71 bits per heavy atom. The van der Waals surface area contributed by atoms with Crippen LogP contribution in [0, 0.1) is 0 Å². The normalized spacial score (nSPS) is 15.9. The summed E-state index contributed by atoms with van der Waals surface area (Å²) in [6, 6.07) is 21.5. The van der Waals surface area contributed by atoms with Crippen molar-refractivity contribution in [3.63, 3.8) is 0 Å². The zero-order chi connectivity index (χ0) is 24.0. The number of piperazine rings is 1. The second-order valence-corrected chi connectivity index (χ2v) is 10.1.